The molecular weight excluding hydrogens is 1030 g/mol. The summed E-state index contributed by atoms with van der Waals surface area (Å²) in [6.07, 6.45) is 2.04. The first-order valence-electron chi connectivity index (χ1n) is 16.9. The van der Waals surface area contributed by atoms with Crippen LogP contribution >= 0.6 is 0 Å². The molecular formula is C34H14N12O20Zn2. The Bertz CT molecular complexity index is 2740. The van der Waals surface area contributed by atoms with Gasteiger partial charge in [-0.25, -0.2) is 0 Å². The van der Waals surface area contributed by atoms with Crippen molar-refractivity contribution in [1.82, 2.24) is 0 Å². The standard InChI is InChI=1S/C34H18N12O20.2Zn/c47-31-15(1-19(39(51)52)5-27(31)43(59)60)11-35-23-9-25(37-13-17-3-21(41(55)56)7-29(33(17)49)45(63)64)26(38-14-18-4-22(42(57)58)8-30(34(18)50)46(65)66)10-24(23)36-12-16-2-20(40(53)54)6-28(32(16)48)44(61)62;;/h1-14,47-50H;;/q;2*+2/p-4. The Labute approximate surface area is 397 Å². The van der Waals surface area contributed by atoms with Crippen LogP contribution in [-0.4, -0.2) is 64.2 Å². The summed E-state index contributed by atoms with van der Waals surface area (Å²) < 4.78 is 0. The molecule has 0 N–H and O–H groups in total. The molecule has 34 heteroatoms. The van der Waals surface area contributed by atoms with E-state index in [1.807, 2.05) is 0 Å². The molecule has 0 atom stereocenters. The quantitative estimate of drug-likeness (QED) is 0.0577. The monoisotopic (exact) mass is 1040 g/mol. The van der Waals surface area contributed by atoms with E-state index in [1.165, 1.54) is 0 Å². The number of nitrogens with zero attached hydrogens (tertiary/aromatic N) is 12. The zero-order valence-corrected chi connectivity index (χ0v) is 39.0. The summed E-state index contributed by atoms with van der Waals surface area (Å²) in [5.41, 5.74) is -15.0. The minimum atomic E-state index is -1.44. The molecule has 5 aromatic rings. The van der Waals surface area contributed by atoms with Crippen molar-refractivity contribution in [3.63, 3.8) is 0 Å². The average molecular weight is 1040 g/mol. The fraction of sp³-hybridized carbons (Fsp3) is 0. The van der Waals surface area contributed by atoms with Crippen LogP contribution in [0.15, 0.2) is 80.6 Å². The van der Waals surface area contributed by atoms with Gasteiger partial charge in [0.15, 0.2) is 0 Å². The first-order valence-corrected chi connectivity index (χ1v) is 16.9. The van der Waals surface area contributed by atoms with Gasteiger partial charge in [-0.2, -0.15) is 0 Å². The predicted octanol–water partition coefficient (Wildman–Crippen LogP) is 4.24. The van der Waals surface area contributed by atoms with E-state index in [2.05, 4.69) is 20.0 Å². The van der Waals surface area contributed by atoms with E-state index in [9.17, 15) is 101 Å². The van der Waals surface area contributed by atoms with Crippen LogP contribution in [0.3, 0.4) is 0 Å². The zero-order chi connectivity index (χ0) is 48.9. The molecule has 0 radical (unpaired) electrons. The van der Waals surface area contributed by atoms with Gasteiger partial charge in [-0.05, 0) is 57.4 Å². The molecule has 0 spiro atoms. The Morgan fingerprint density at radius 2 is 0.471 bits per heavy atom. The molecule has 0 aliphatic heterocycles. The van der Waals surface area contributed by atoms with Gasteiger partial charge >= 0.3 is 39.0 Å². The van der Waals surface area contributed by atoms with Crippen LogP contribution in [0, 0.1) is 80.9 Å². The van der Waals surface area contributed by atoms with E-state index >= 15 is 0 Å². The first kappa shape index (κ1) is 52.8. The maximum Gasteiger partial charge on any atom is 2.00 e. The second kappa shape index (κ2) is 21.4. The molecule has 0 saturated carbocycles. The molecule has 32 nitrogen and oxygen atoms in total. The van der Waals surface area contributed by atoms with Gasteiger partial charge in [0.25, 0.3) is 45.5 Å². The molecule has 0 unspecified atom stereocenters. The summed E-state index contributed by atoms with van der Waals surface area (Å²) in [6.45, 7) is 0. The number of benzene rings is 5. The SMILES string of the molecule is O=[N+]([O-])c1cc(C=Nc2cc(N=Cc3cc([N+](=O)[O-])cc([N+](=O)[O-])c3[O-])c(N=Cc3cc([N+](=O)[O-])cc([N+](=O)[O-])c3[O-])cc2N=Cc2cc([N+](=O)[O-])cc([N+](=O)[O-])c2[O-])c([O-])c([N+](=O)[O-])c1.[Zn+2].[Zn+2]. The van der Waals surface area contributed by atoms with Crippen molar-refractivity contribution in [2.24, 2.45) is 20.0 Å². The fourth-order valence-corrected chi connectivity index (χ4v) is 5.35. The predicted molar refractivity (Wildman–Crippen MR) is 212 cm³/mol. The Kier molecular flexibility index (Phi) is 16.6. The van der Waals surface area contributed by atoms with Crippen LogP contribution in [0.5, 0.6) is 23.0 Å². The number of aliphatic imine (C=N–C) groups is 4. The zero-order valence-electron chi connectivity index (χ0n) is 33.0. The molecule has 68 heavy (non-hydrogen) atoms. The second-order valence-corrected chi connectivity index (χ2v) is 12.5. The van der Waals surface area contributed by atoms with E-state index in [0.717, 1.165) is 12.1 Å². The maximum atomic E-state index is 12.9. The Morgan fingerprint density at radius 3 is 0.618 bits per heavy atom. The van der Waals surface area contributed by atoms with Crippen molar-refractivity contribution in [2.45, 2.75) is 0 Å². The smallest absolute Gasteiger partial charge is 0.867 e. The molecule has 5 aromatic carbocycles. The van der Waals surface area contributed by atoms with Crippen LogP contribution in [0.4, 0.5) is 68.2 Å². The van der Waals surface area contributed by atoms with Gasteiger partial charge in [0, 0.05) is 49.1 Å². The summed E-state index contributed by atoms with van der Waals surface area (Å²) in [4.78, 5) is 98.8. The van der Waals surface area contributed by atoms with E-state index in [-0.39, 0.29) is 39.0 Å². The number of hydrogen-bond donors (Lipinski definition) is 0. The van der Waals surface area contributed by atoms with Gasteiger partial charge < -0.3 is 20.4 Å². The van der Waals surface area contributed by atoms with Gasteiger partial charge in [0.2, 0.25) is 0 Å². The average Bonchev–Trinajstić information content (AvgIpc) is 3.24. The third kappa shape index (κ3) is 11.6. The molecule has 0 saturated heterocycles. The Morgan fingerprint density at radius 1 is 0.294 bits per heavy atom. The summed E-state index contributed by atoms with van der Waals surface area (Å²) in [5.74, 6) is -5.75. The largest absolute Gasteiger partial charge is 2.00 e. The second-order valence-electron chi connectivity index (χ2n) is 12.5. The number of nitro benzene ring substituents is 8. The normalized spacial score (nSPS) is 11.1. The molecule has 0 fully saturated rings. The number of non-ortho nitro benzene ring substituents is 4. The van der Waals surface area contributed by atoms with Gasteiger partial charge in [0.1, 0.15) is 0 Å². The molecule has 334 valence electrons. The van der Waals surface area contributed by atoms with Gasteiger partial charge in [-0.1, -0.05) is 0 Å². The van der Waals surface area contributed by atoms with Crippen LogP contribution in [0.25, 0.3) is 0 Å². The van der Waals surface area contributed by atoms with Crippen molar-refractivity contribution < 1.29 is 98.8 Å². The van der Waals surface area contributed by atoms with Crippen molar-refractivity contribution in [3.8, 4) is 23.0 Å². The van der Waals surface area contributed by atoms with Crippen molar-refractivity contribution in [1.29, 1.82) is 0 Å². The summed E-state index contributed by atoms with van der Waals surface area (Å²) >= 11 is 0. The van der Waals surface area contributed by atoms with Gasteiger partial charge in [-0.3, -0.25) is 101 Å². The minimum Gasteiger partial charge on any atom is -0.867 e. The number of hydrogen-bond acceptors (Lipinski definition) is 24. The summed E-state index contributed by atoms with van der Waals surface area (Å²) in [7, 11) is 0. The van der Waals surface area contributed by atoms with Crippen molar-refractivity contribution in [2.75, 3.05) is 0 Å². The first-order chi connectivity index (χ1) is 31.0. The van der Waals surface area contributed by atoms with Crippen molar-refractivity contribution in [3.05, 3.63) is 164 Å². The third-order valence-electron chi connectivity index (χ3n) is 8.40. The molecule has 0 aliphatic rings. The minimum absolute atomic E-state index is 0. The van der Waals surface area contributed by atoms with E-state index in [4.69, 9.17) is 0 Å². The van der Waals surface area contributed by atoms with E-state index < -0.39 is 153 Å². The van der Waals surface area contributed by atoms with Gasteiger partial charge in [0.05, 0.1) is 86.4 Å². The Hall–Kier alpha value is -9.57. The third-order valence-corrected chi connectivity index (χ3v) is 8.40. The molecule has 0 amide bonds. The molecule has 5 rings (SSSR count). The maximum absolute atomic E-state index is 12.9. The topological polar surface area (TPSA) is 487 Å². The molecule has 0 bridgehead atoms. The summed E-state index contributed by atoms with van der Waals surface area (Å²) in [5, 5.41) is 144. The van der Waals surface area contributed by atoms with Gasteiger partial charge in [-0.15, -0.1) is 0 Å². The van der Waals surface area contributed by atoms with E-state index in [0.29, 0.717) is 73.4 Å². The number of nitro groups is 8. The fourth-order valence-electron chi connectivity index (χ4n) is 5.35. The van der Waals surface area contributed by atoms with Crippen LogP contribution in [0.1, 0.15) is 22.3 Å². The molecule has 0 aliphatic carbocycles. The van der Waals surface area contributed by atoms with E-state index in [1.54, 1.807) is 0 Å². The number of rotatable bonds is 16. The molecule has 0 heterocycles. The van der Waals surface area contributed by atoms with Crippen LogP contribution in [-0.2, 0) is 39.0 Å². The van der Waals surface area contributed by atoms with Crippen LogP contribution < -0.4 is 20.4 Å². The van der Waals surface area contributed by atoms with Crippen molar-refractivity contribution >= 4 is 93.1 Å². The van der Waals surface area contributed by atoms with Crippen LogP contribution in [0.2, 0.25) is 0 Å². The summed E-state index contributed by atoms with van der Waals surface area (Å²) in [6, 6.07) is 5.06. The Balaban J connectivity index is 0.00000612. The molecule has 0 aromatic heterocycles.